The number of hydrogen-bond acceptors (Lipinski definition) is 7. The van der Waals surface area contributed by atoms with Gasteiger partial charge in [0, 0.05) is 42.7 Å². The molecule has 9 nitrogen and oxygen atoms in total. The van der Waals surface area contributed by atoms with Crippen molar-refractivity contribution in [2.24, 2.45) is 11.7 Å². The van der Waals surface area contributed by atoms with Crippen LogP contribution in [0.4, 0.5) is 0 Å². The van der Waals surface area contributed by atoms with E-state index in [-0.39, 0.29) is 23.5 Å². The first-order chi connectivity index (χ1) is 16.1. The number of ether oxygens (including phenoxy) is 1. The summed E-state index contributed by atoms with van der Waals surface area (Å²) in [4.78, 5) is 30.0. The number of nitrogens with two attached hydrogens (primary N) is 1. The molecule has 1 fully saturated rings. The van der Waals surface area contributed by atoms with E-state index < -0.39 is 0 Å². The molecular formula is C23H26N6O3S. The predicted molar refractivity (Wildman–Crippen MR) is 125 cm³/mol. The van der Waals surface area contributed by atoms with Gasteiger partial charge in [0.15, 0.2) is 11.0 Å². The second kappa shape index (κ2) is 10.5. The third-order valence-electron chi connectivity index (χ3n) is 5.55. The van der Waals surface area contributed by atoms with Crippen LogP contribution in [0.25, 0.3) is 17.1 Å². The summed E-state index contributed by atoms with van der Waals surface area (Å²) < 4.78 is 7.49. The SMILES string of the molecule is CCOc1ccc(-n2c(SCC(=O)N3CCC(C(N)=O)CC3)nnc2-c2ccncc2)cc1. The van der Waals surface area contributed by atoms with Crippen LogP contribution in [-0.2, 0) is 9.59 Å². The van der Waals surface area contributed by atoms with E-state index in [4.69, 9.17) is 10.5 Å². The van der Waals surface area contributed by atoms with Gasteiger partial charge in [-0.15, -0.1) is 10.2 Å². The van der Waals surface area contributed by atoms with Crippen LogP contribution < -0.4 is 10.5 Å². The number of carbonyl (C=O) groups is 2. The number of primary amides is 1. The highest BCUT2D eigenvalue weighted by Crippen LogP contribution is 2.29. The van der Waals surface area contributed by atoms with Gasteiger partial charge in [0.05, 0.1) is 12.4 Å². The van der Waals surface area contributed by atoms with Crippen molar-refractivity contribution in [1.29, 1.82) is 0 Å². The van der Waals surface area contributed by atoms with Crippen molar-refractivity contribution in [3.63, 3.8) is 0 Å². The van der Waals surface area contributed by atoms with E-state index in [0.29, 0.717) is 43.5 Å². The minimum Gasteiger partial charge on any atom is -0.494 e. The summed E-state index contributed by atoms with van der Waals surface area (Å²) in [6.07, 6.45) is 4.64. The van der Waals surface area contributed by atoms with Crippen molar-refractivity contribution in [3.8, 4) is 22.8 Å². The number of carbonyl (C=O) groups excluding carboxylic acids is 2. The molecule has 3 heterocycles. The Morgan fingerprint density at radius 2 is 1.79 bits per heavy atom. The first-order valence-corrected chi connectivity index (χ1v) is 11.8. The molecule has 1 aromatic carbocycles. The number of thioether (sulfide) groups is 1. The average Bonchev–Trinajstić information content (AvgIpc) is 3.28. The van der Waals surface area contributed by atoms with Crippen LogP contribution in [0.15, 0.2) is 53.9 Å². The third-order valence-corrected chi connectivity index (χ3v) is 6.47. The van der Waals surface area contributed by atoms with E-state index in [2.05, 4.69) is 15.2 Å². The van der Waals surface area contributed by atoms with E-state index in [9.17, 15) is 9.59 Å². The minimum absolute atomic E-state index is 0.00891. The Morgan fingerprint density at radius 3 is 2.42 bits per heavy atom. The number of rotatable bonds is 8. The lowest BCUT2D eigenvalue weighted by molar-refractivity contribution is -0.132. The zero-order chi connectivity index (χ0) is 23.2. The first-order valence-electron chi connectivity index (χ1n) is 10.9. The van der Waals surface area contributed by atoms with Gasteiger partial charge < -0.3 is 15.4 Å². The van der Waals surface area contributed by atoms with Crippen molar-refractivity contribution in [3.05, 3.63) is 48.8 Å². The molecular weight excluding hydrogens is 440 g/mol. The molecule has 0 unspecified atom stereocenters. The summed E-state index contributed by atoms with van der Waals surface area (Å²) in [5, 5.41) is 9.39. The standard InChI is InChI=1S/C23H26N6O3S/c1-2-32-19-5-3-18(4-6-19)29-22(17-7-11-25-12-8-17)26-27-23(29)33-15-20(30)28-13-9-16(10-14-28)21(24)31/h3-8,11-12,16H,2,9-10,13-15H2,1H3,(H2,24,31). The highest BCUT2D eigenvalue weighted by Gasteiger charge is 2.26. The number of nitrogens with zero attached hydrogens (tertiary/aromatic N) is 5. The maximum Gasteiger partial charge on any atom is 0.233 e. The minimum atomic E-state index is -0.288. The van der Waals surface area contributed by atoms with Crippen molar-refractivity contribution in [1.82, 2.24) is 24.6 Å². The molecule has 10 heteroatoms. The van der Waals surface area contributed by atoms with Gasteiger partial charge >= 0.3 is 0 Å². The summed E-state index contributed by atoms with van der Waals surface area (Å²) in [7, 11) is 0. The van der Waals surface area contributed by atoms with E-state index in [1.54, 1.807) is 17.3 Å². The molecule has 172 valence electrons. The Hall–Kier alpha value is -3.40. The van der Waals surface area contributed by atoms with Crippen molar-refractivity contribution >= 4 is 23.6 Å². The molecule has 2 amide bonds. The van der Waals surface area contributed by atoms with Gasteiger partial charge in [0.25, 0.3) is 0 Å². The fraction of sp³-hybridized carbons (Fsp3) is 0.348. The third kappa shape index (κ3) is 5.33. The Kier molecular flexibility index (Phi) is 7.23. The van der Waals surface area contributed by atoms with Crippen LogP contribution in [0, 0.1) is 5.92 Å². The summed E-state index contributed by atoms with van der Waals surface area (Å²) in [6, 6.07) is 11.4. The van der Waals surface area contributed by atoms with Crippen LogP contribution in [0.3, 0.4) is 0 Å². The fourth-order valence-electron chi connectivity index (χ4n) is 3.77. The molecule has 0 atom stereocenters. The largest absolute Gasteiger partial charge is 0.494 e. The monoisotopic (exact) mass is 466 g/mol. The molecule has 1 aliphatic rings. The summed E-state index contributed by atoms with van der Waals surface area (Å²) in [5.41, 5.74) is 7.14. The van der Waals surface area contributed by atoms with Crippen LogP contribution in [0.2, 0.25) is 0 Å². The molecule has 2 N–H and O–H groups in total. The van der Waals surface area contributed by atoms with Gasteiger partial charge in [-0.1, -0.05) is 11.8 Å². The van der Waals surface area contributed by atoms with Gasteiger partial charge in [0.1, 0.15) is 5.75 Å². The summed E-state index contributed by atoms with van der Waals surface area (Å²) in [6.45, 7) is 3.62. The Morgan fingerprint density at radius 1 is 1.09 bits per heavy atom. The lowest BCUT2D eigenvalue weighted by Crippen LogP contribution is -2.42. The van der Waals surface area contributed by atoms with Crippen LogP contribution in [0.5, 0.6) is 5.75 Å². The Labute approximate surface area is 196 Å². The molecule has 0 bridgehead atoms. The van der Waals surface area contributed by atoms with E-state index in [1.165, 1.54) is 11.8 Å². The van der Waals surface area contributed by atoms with Crippen LogP contribution >= 0.6 is 11.8 Å². The smallest absolute Gasteiger partial charge is 0.233 e. The number of amides is 2. The molecule has 0 saturated carbocycles. The Balaban J connectivity index is 1.54. The molecule has 0 aliphatic carbocycles. The van der Waals surface area contributed by atoms with E-state index in [1.807, 2.05) is 47.9 Å². The normalized spacial score (nSPS) is 14.3. The molecule has 4 rings (SSSR count). The second-order valence-electron chi connectivity index (χ2n) is 7.65. The van der Waals surface area contributed by atoms with E-state index in [0.717, 1.165) is 17.0 Å². The number of hydrogen-bond donors (Lipinski definition) is 1. The molecule has 1 saturated heterocycles. The molecule has 3 aromatic rings. The van der Waals surface area contributed by atoms with Gasteiger partial charge in [0.2, 0.25) is 11.8 Å². The van der Waals surface area contributed by atoms with Crippen molar-refractivity contribution in [2.45, 2.75) is 24.9 Å². The topological polar surface area (TPSA) is 116 Å². The maximum absolute atomic E-state index is 12.8. The van der Waals surface area contributed by atoms with Crippen LogP contribution in [-0.4, -0.2) is 61.9 Å². The number of aromatic nitrogens is 4. The number of piperidine rings is 1. The van der Waals surface area contributed by atoms with Gasteiger partial charge in [-0.2, -0.15) is 0 Å². The molecule has 1 aliphatic heterocycles. The molecule has 2 aromatic heterocycles. The Bertz CT molecular complexity index is 1100. The van der Waals surface area contributed by atoms with Gasteiger partial charge in [-0.05, 0) is 56.2 Å². The highest BCUT2D eigenvalue weighted by atomic mass is 32.2. The number of benzene rings is 1. The lowest BCUT2D eigenvalue weighted by Gasteiger charge is -2.30. The quantitative estimate of drug-likeness (QED) is 0.507. The highest BCUT2D eigenvalue weighted by molar-refractivity contribution is 7.99. The van der Waals surface area contributed by atoms with Crippen LogP contribution in [0.1, 0.15) is 19.8 Å². The summed E-state index contributed by atoms with van der Waals surface area (Å²) in [5.74, 6) is 1.25. The van der Waals surface area contributed by atoms with Crippen molar-refractivity contribution in [2.75, 3.05) is 25.4 Å². The number of likely N-dealkylation sites (tertiary alicyclic amines) is 1. The zero-order valence-electron chi connectivity index (χ0n) is 18.4. The fourth-order valence-corrected chi connectivity index (χ4v) is 4.63. The summed E-state index contributed by atoms with van der Waals surface area (Å²) >= 11 is 1.34. The van der Waals surface area contributed by atoms with Crippen molar-refractivity contribution < 1.29 is 14.3 Å². The van der Waals surface area contributed by atoms with Gasteiger partial charge in [-0.3, -0.25) is 19.1 Å². The first kappa shape index (κ1) is 22.8. The second-order valence-corrected chi connectivity index (χ2v) is 8.59. The lowest BCUT2D eigenvalue weighted by atomic mass is 9.96. The molecule has 33 heavy (non-hydrogen) atoms. The van der Waals surface area contributed by atoms with E-state index >= 15 is 0 Å². The molecule has 0 spiro atoms. The number of pyridine rings is 1. The molecule has 0 radical (unpaired) electrons. The maximum atomic E-state index is 12.8. The average molecular weight is 467 g/mol. The predicted octanol–water partition coefficient (Wildman–Crippen LogP) is 2.54. The van der Waals surface area contributed by atoms with Gasteiger partial charge in [-0.25, -0.2) is 0 Å². The zero-order valence-corrected chi connectivity index (χ0v) is 19.2.